The third-order valence-corrected chi connectivity index (χ3v) is 5.23. The first-order valence-electron chi connectivity index (χ1n) is 9.22. The summed E-state index contributed by atoms with van der Waals surface area (Å²) in [5.41, 5.74) is 1.18. The van der Waals surface area contributed by atoms with Crippen molar-refractivity contribution < 1.29 is 9.53 Å². The average Bonchev–Trinajstić information content (AvgIpc) is 2.68. The Kier molecular flexibility index (Phi) is 5.81. The van der Waals surface area contributed by atoms with Crippen LogP contribution in [-0.2, 0) is 4.74 Å². The molecule has 1 aromatic carbocycles. The fourth-order valence-electron chi connectivity index (χ4n) is 3.49. The molecule has 0 bridgehead atoms. The van der Waals surface area contributed by atoms with Crippen LogP contribution in [0.5, 0.6) is 0 Å². The second-order valence-corrected chi connectivity index (χ2v) is 7.38. The zero-order valence-electron chi connectivity index (χ0n) is 15.4. The van der Waals surface area contributed by atoms with E-state index in [0.29, 0.717) is 6.54 Å². The Morgan fingerprint density at radius 3 is 2.32 bits per heavy atom. The summed E-state index contributed by atoms with van der Waals surface area (Å²) in [6, 6.07) is 10.4. The van der Waals surface area contributed by atoms with Crippen LogP contribution >= 0.6 is 0 Å². The van der Waals surface area contributed by atoms with E-state index in [1.165, 1.54) is 5.69 Å². The van der Waals surface area contributed by atoms with Crippen molar-refractivity contribution in [3.8, 4) is 0 Å². The van der Waals surface area contributed by atoms with Crippen LogP contribution in [-0.4, -0.2) is 80.4 Å². The molecule has 1 N–H and O–H groups in total. The number of anilines is 1. The van der Waals surface area contributed by atoms with Gasteiger partial charge < -0.3 is 19.9 Å². The number of rotatable bonds is 4. The molecule has 25 heavy (non-hydrogen) atoms. The van der Waals surface area contributed by atoms with E-state index in [-0.39, 0.29) is 11.6 Å². The Balaban J connectivity index is 1.45. The number of carbonyl (C=O) groups is 1. The van der Waals surface area contributed by atoms with Gasteiger partial charge in [-0.15, -0.1) is 0 Å². The molecule has 0 spiro atoms. The third kappa shape index (κ3) is 4.64. The number of morpholine rings is 1. The summed E-state index contributed by atoms with van der Waals surface area (Å²) < 4.78 is 5.42. The Morgan fingerprint density at radius 1 is 1.04 bits per heavy atom. The highest BCUT2D eigenvalue weighted by atomic mass is 16.5. The maximum atomic E-state index is 12.5. The van der Waals surface area contributed by atoms with E-state index in [9.17, 15) is 4.79 Å². The summed E-state index contributed by atoms with van der Waals surface area (Å²) in [6.45, 7) is 11.7. The first-order chi connectivity index (χ1) is 12.1. The summed E-state index contributed by atoms with van der Waals surface area (Å²) >= 11 is 0. The zero-order valence-corrected chi connectivity index (χ0v) is 15.4. The highest BCUT2D eigenvalue weighted by molar-refractivity contribution is 5.74. The summed E-state index contributed by atoms with van der Waals surface area (Å²) in [7, 11) is 0. The number of nitrogens with one attached hydrogen (secondary N) is 1. The molecule has 6 heteroatoms. The maximum absolute atomic E-state index is 12.5. The molecule has 2 fully saturated rings. The number of nitrogens with zero attached hydrogens (tertiary/aromatic N) is 3. The molecular weight excluding hydrogens is 316 g/mol. The second kappa shape index (κ2) is 8.06. The lowest BCUT2D eigenvalue weighted by atomic mass is 10.0. The zero-order chi connectivity index (χ0) is 17.7. The molecule has 0 saturated carbocycles. The SMILES string of the molecule is CC(C)(CNC(=O)N1CCN(c2ccccc2)CC1)N1CCOCC1. The van der Waals surface area contributed by atoms with Crippen molar-refractivity contribution in [3.05, 3.63) is 30.3 Å². The standard InChI is InChI=1S/C19H30N4O2/c1-19(2,23-12-14-25-15-13-23)16-20-18(24)22-10-8-21(9-11-22)17-6-4-3-5-7-17/h3-7H,8-16H2,1-2H3,(H,20,24). The minimum absolute atomic E-state index is 0.0500. The first kappa shape index (κ1) is 18.0. The van der Waals surface area contributed by atoms with Crippen LogP contribution in [0, 0.1) is 0 Å². The van der Waals surface area contributed by atoms with Crippen molar-refractivity contribution >= 4 is 11.7 Å². The maximum Gasteiger partial charge on any atom is 0.317 e. The number of para-hydroxylation sites is 1. The Morgan fingerprint density at radius 2 is 1.68 bits per heavy atom. The van der Waals surface area contributed by atoms with E-state index in [2.05, 4.69) is 53.2 Å². The van der Waals surface area contributed by atoms with E-state index < -0.39 is 0 Å². The molecule has 138 valence electrons. The number of hydrogen-bond donors (Lipinski definition) is 1. The fourth-order valence-corrected chi connectivity index (χ4v) is 3.49. The Hall–Kier alpha value is -1.79. The van der Waals surface area contributed by atoms with Gasteiger partial charge in [-0.1, -0.05) is 18.2 Å². The molecule has 0 unspecified atom stereocenters. The quantitative estimate of drug-likeness (QED) is 0.900. The molecule has 6 nitrogen and oxygen atoms in total. The molecular formula is C19H30N4O2. The minimum atomic E-state index is -0.0503. The van der Waals surface area contributed by atoms with Gasteiger partial charge in [-0.3, -0.25) is 4.90 Å². The lowest BCUT2D eigenvalue weighted by Crippen LogP contribution is -2.58. The topological polar surface area (TPSA) is 48.1 Å². The molecule has 0 aromatic heterocycles. The van der Waals surface area contributed by atoms with Gasteiger partial charge in [-0.2, -0.15) is 0 Å². The van der Waals surface area contributed by atoms with E-state index in [4.69, 9.17) is 4.74 Å². The normalized spacial score (nSPS) is 19.8. The van der Waals surface area contributed by atoms with Gasteiger partial charge in [0, 0.05) is 57.0 Å². The second-order valence-electron chi connectivity index (χ2n) is 7.38. The van der Waals surface area contributed by atoms with Crippen LogP contribution in [0.3, 0.4) is 0 Å². The molecule has 0 radical (unpaired) electrons. The Labute approximate surface area is 150 Å². The summed E-state index contributed by atoms with van der Waals surface area (Å²) in [5, 5.41) is 3.13. The van der Waals surface area contributed by atoms with Crippen molar-refractivity contribution in [1.29, 1.82) is 0 Å². The number of hydrogen-bond acceptors (Lipinski definition) is 4. The van der Waals surface area contributed by atoms with Crippen LogP contribution in [0.25, 0.3) is 0 Å². The predicted octanol–water partition coefficient (Wildman–Crippen LogP) is 1.63. The summed E-state index contributed by atoms with van der Waals surface area (Å²) in [6.07, 6.45) is 0. The third-order valence-electron chi connectivity index (χ3n) is 5.23. The number of ether oxygens (including phenoxy) is 1. The number of amides is 2. The summed E-state index contributed by atoms with van der Waals surface area (Å²) in [5.74, 6) is 0. The molecule has 0 aliphatic carbocycles. The smallest absolute Gasteiger partial charge is 0.317 e. The van der Waals surface area contributed by atoms with Crippen LogP contribution in [0.1, 0.15) is 13.8 Å². The number of piperazine rings is 1. The van der Waals surface area contributed by atoms with E-state index in [0.717, 1.165) is 52.5 Å². The van der Waals surface area contributed by atoms with Crippen molar-refractivity contribution in [1.82, 2.24) is 15.1 Å². The van der Waals surface area contributed by atoms with Crippen molar-refractivity contribution in [2.24, 2.45) is 0 Å². The molecule has 3 rings (SSSR count). The molecule has 2 aliphatic heterocycles. The van der Waals surface area contributed by atoms with Gasteiger partial charge in [0.05, 0.1) is 13.2 Å². The van der Waals surface area contributed by atoms with Crippen LogP contribution in [0.2, 0.25) is 0 Å². The van der Waals surface area contributed by atoms with Gasteiger partial charge in [0.2, 0.25) is 0 Å². The van der Waals surface area contributed by atoms with Gasteiger partial charge >= 0.3 is 6.03 Å². The highest BCUT2D eigenvalue weighted by Gasteiger charge is 2.29. The number of carbonyl (C=O) groups excluding carboxylic acids is 1. The molecule has 2 amide bonds. The Bertz CT molecular complexity index is 550. The van der Waals surface area contributed by atoms with Gasteiger partial charge in [-0.25, -0.2) is 4.79 Å². The van der Waals surface area contributed by atoms with Gasteiger partial charge in [0.1, 0.15) is 0 Å². The van der Waals surface area contributed by atoms with Crippen molar-refractivity contribution in [2.45, 2.75) is 19.4 Å². The van der Waals surface area contributed by atoms with Gasteiger partial charge in [-0.05, 0) is 26.0 Å². The molecule has 1 aromatic rings. The highest BCUT2D eigenvalue weighted by Crippen LogP contribution is 2.17. The fraction of sp³-hybridized carbons (Fsp3) is 0.632. The van der Waals surface area contributed by atoms with Crippen LogP contribution < -0.4 is 10.2 Å². The van der Waals surface area contributed by atoms with Crippen LogP contribution in [0.15, 0.2) is 30.3 Å². The molecule has 2 heterocycles. The number of urea groups is 1. The molecule has 0 atom stereocenters. The number of benzene rings is 1. The van der Waals surface area contributed by atoms with Crippen LogP contribution in [0.4, 0.5) is 10.5 Å². The van der Waals surface area contributed by atoms with Gasteiger partial charge in [0.15, 0.2) is 0 Å². The average molecular weight is 346 g/mol. The summed E-state index contributed by atoms with van der Waals surface area (Å²) in [4.78, 5) is 19.2. The van der Waals surface area contributed by atoms with E-state index in [1.807, 2.05) is 11.0 Å². The lowest BCUT2D eigenvalue weighted by Gasteiger charge is -2.41. The van der Waals surface area contributed by atoms with E-state index >= 15 is 0 Å². The van der Waals surface area contributed by atoms with Gasteiger partial charge in [0.25, 0.3) is 0 Å². The van der Waals surface area contributed by atoms with E-state index in [1.54, 1.807) is 0 Å². The predicted molar refractivity (Wildman–Crippen MR) is 100 cm³/mol. The first-order valence-corrected chi connectivity index (χ1v) is 9.22. The van der Waals surface area contributed by atoms with Crippen molar-refractivity contribution in [3.63, 3.8) is 0 Å². The largest absolute Gasteiger partial charge is 0.379 e. The minimum Gasteiger partial charge on any atom is -0.379 e. The molecule has 2 aliphatic rings. The van der Waals surface area contributed by atoms with Crippen molar-refractivity contribution in [2.75, 3.05) is 63.9 Å². The lowest BCUT2D eigenvalue weighted by molar-refractivity contribution is -0.00905. The monoisotopic (exact) mass is 346 g/mol. The molecule has 2 saturated heterocycles.